The van der Waals surface area contributed by atoms with Gasteiger partial charge < -0.3 is 5.11 Å². The van der Waals surface area contributed by atoms with Crippen LogP contribution in [0.5, 0.6) is 0 Å². The smallest absolute Gasteiger partial charge is 0.116 e. The Morgan fingerprint density at radius 1 is 1.25 bits per heavy atom. The van der Waals surface area contributed by atoms with Crippen molar-refractivity contribution in [2.24, 2.45) is 0 Å². The summed E-state index contributed by atoms with van der Waals surface area (Å²) in [6.45, 7) is 1.69. The molecule has 1 N–H and O–H groups in total. The standard InChI is InChI=1S/C11H11N3OS/c1-8(15)10-3-2-9(6-13-10)16-11-4-5-12-7-14-11/h2-8,15H,1H3/t8-/m0/s1. The molecule has 0 aliphatic heterocycles. The van der Waals surface area contributed by atoms with E-state index in [0.29, 0.717) is 5.69 Å². The lowest BCUT2D eigenvalue weighted by molar-refractivity contribution is 0.194. The Kier molecular flexibility index (Phi) is 3.48. The third kappa shape index (κ3) is 2.77. The first-order valence-electron chi connectivity index (χ1n) is 4.83. The maximum absolute atomic E-state index is 9.31. The van der Waals surface area contributed by atoms with E-state index < -0.39 is 6.10 Å². The van der Waals surface area contributed by atoms with Crippen molar-refractivity contribution in [1.82, 2.24) is 15.0 Å². The van der Waals surface area contributed by atoms with Gasteiger partial charge in [0.1, 0.15) is 11.4 Å². The van der Waals surface area contributed by atoms with Crippen LogP contribution in [-0.4, -0.2) is 20.1 Å². The number of rotatable bonds is 3. The minimum Gasteiger partial charge on any atom is -0.387 e. The zero-order valence-electron chi connectivity index (χ0n) is 8.74. The Hall–Kier alpha value is -1.46. The van der Waals surface area contributed by atoms with E-state index in [9.17, 15) is 5.11 Å². The first-order chi connectivity index (χ1) is 7.75. The molecule has 0 bridgehead atoms. The van der Waals surface area contributed by atoms with Gasteiger partial charge in [0, 0.05) is 17.3 Å². The Bertz CT molecular complexity index is 445. The van der Waals surface area contributed by atoms with Crippen LogP contribution >= 0.6 is 11.8 Å². The summed E-state index contributed by atoms with van der Waals surface area (Å²) in [7, 11) is 0. The van der Waals surface area contributed by atoms with Gasteiger partial charge in [0.2, 0.25) is 0 Å². The lowest BCUT2D eigenvalue weighted by Crippen LogP contribution is -1.94. The normalized spacial score (nSPS) is 12.4. The van der Waals surface area contributed by atoms with Crippen LogP contribution in [0.1, 0.15) is 18.7 Å². The quantitative estimate of drug-likeness (QED) is 0.822. The highest BCUT2D eigenvalue weighted by molar-refractivity contribution is 7.99. The molecule has 2 aromatic heterocycles. The molecular weight excluding hydrogens is 222 g/mol. The molecule has 82 valence electrons. The first kappa shape index (κ1) is 11.0. The second-order valence-electron chi connectivity index (χ2n) is 3.24. The van der Waals surface area contributed by atoms with E-state index in [1.54, 1.807) is 19.3 Å². The largest absolute Gasteiger partial charge is 0.387 e. The van der Waals surface area contributed by atoms with Gasteiger partial charge in [0.25, 0.3) is 0 Å². The number of aromatic nitrogens is 3. The molecule has 0 unspecified atom stereocenters. The van der Waals surface area contributed by atoms with E-state index in [4.69, 9.17) is 0 Å². The summed E-state index contributed by atoms with van der Waals surface area (Å²) >= 11 is 1.51. The molecule has 5 heteroatoms. The summed E-state index contributed by atoms with van der Waals surface area (Å²) in [6, 6.07) is 5.57. The molecule has 2 heterocycles. The topological polar surface area (TPSA) is 58.9 Å². The summed E-state index contributed by atoms with van der Waals surface area (Å²) in [5, 5.41) is 10.2. The van der Waals surface area contributed by atoms with Crippen LogP contribution in [0.2, 0.25) is 0 Å². The molecule has 0 spiro atoms. The van der Waals surface area contributed by atoms with Crippen molar-refractivity contribution in [3.63, 3.8) is 0 Å². The Labute approximate surface area is 97.8 Å². The fourth-order valence-electron chi connectivity index (χ4n) is 1.16. The van der Waals surface area contributed by atoms with E-state index in [2.05, 4.69) is 15.0 Å². The summed E-state index contributed by atoms with van der Waals surface area (Å²) in [4.78, 5) is 13.1. The van der Waals surface area contributed by atoms with E-state index in [1.165, 1.54) is 18.1 Å². The van der Waals surface area contributed by atoms with Crippen molar-refractivity contribution in [2.45, 2.75) is 22.9 Å². The number of nitrogens with zero attached hydrogens (tertiary/aromatic N) is 3. The lowest BCUT2D eigenvalue weighted by Gasteiger charge is -2.04. The molecule has 0 saturated carbocycles. The molecule has 0 aliphatic rings. The second kappa shape index (κ2) is 5.05. The molecule has 0 fully saturated rings. The van der Waals surface area contributed by atoms with Gasteiger partial charge in [0.05, 0.1) is 11.8 Å². The van der Waals surface area contributed by atoms with Crippen molar-refractivity contribution in [3.8, 4) is 0 Å². The fraction of sp³-hybridized carbons (Fsp3) is 0.182. The SMILES string of the molecule is C[C@H](O)c1ccc(Sc2ccncn2)cn1. The zero-order chi connectivity index (χ0) is 11.4. The predicted octanol–water partition coefficient (Wildman–Crippen LogP) is 2.08. The summed E-state index contributed by atoms with van der Waals surface area (Å²) in [6.07, 6.45) is 4.42. The molecule has 0 saturated heterocycles. The van der Waals surface area contributed by atoms with Crippen molar-refractivity contribution >= 4 is 11.8 Å². The van der Waals surface area contributed by atoms with Crippen LogP contribution in [-0.2, 0) is 0 Å². The monoisotopic (exact) mass is 233 g/mol. The zero-order valence-corrected chi connectivity index (χ0v) is 9.56. The highest BCUT2D eigenvalue weighted by atomic mass is 32.2. The Morgan fingerprint density at radius 3 is 2.69 bits per heavy atom. The van der Waals surface area contributed by atoms with Crippen molar-refractivity contribution in [3.05, 3.63) is 42.6 Å². The predicted molar refractivity (Wildman–Crippen MR) is 61.0 cm³/mol. The van der Waals surface area contributed by atoms with E-state index in [1.807, 2.05) is 18.2 Å². The summed E-state index contributed by atoms with van der Waals surface area (Å²) in [5.74, 6) is 0. The van der Waals surface area contributed by atoms with Crippen LogP contribution in [0.15, 0.2) is 46.8 Å². The third-order valence-corrected chi connectivity index (χ3v) is 2.89. The molecule has 2 aromatic rings. The van der Waals surface area contributed by atoms with Gasteiger partial charge in [0.15, 0.2) is 0 Å². The van der Waals surface area contributed by atoms with Gasteiger partial charge >= 0.3 is 0 Å². The number of aliphatic hydroxyl groups is 1. The van der Waals surface area contributed by atoms with Crippen LogP contribution in [0.25, 0.3) is 0 Å². The minimum absolute atomic E-state index is 0.530. The Balaban J connectivity index is 2.11. The van der Waals surface area contributed by atoms with Gasteiger partial charge in [-0.1, -0.05) is 11.8 Å². The second-order valence-corrected chi connectivity index (χ2v) is 4.34. The molecule has 1 atom stereocenters. The van der Waals surface area contributed by atoms with Crippen molar-refractivity contribution < 1.29 is 5.11 Å². The molecule has 4 nitrogen and oxygen atoms in total. The molecule has 0 amide bonds. The van der Waals surface area contributed by atoms with Crippen molar-refractivity contribution in [2.75, 3.05) is 0 Å². The lowest BCUT2D eigenvalue weighted by atomic mass is 10.2. The van der Waals surface area contributed by atoms with Crippen LogP contribution in [0.4, 0.5) is 0 Å². The van der Waals surface area contributed by atoms with Crippen LogP contribution in [0.3, 0.4) is 0 Å². The average Bonchev–Trinajstić information content (AvgIpc) is 2.31. The summed E-state index contributed by atoms with van der Waals surface area (Å²) < 4.78 is 0. The number of hydrogen-bond acceptors (Lipinski definition) is 5. The summed E-state index contributed by atoms with van der Waals surface area (Å²) in [5.41, 5.74) is 0.673. The molecular formula is C11H11N3OS. The fourth-order valence-corrected chi connectivity index (χ4v) is 1.87. The van der Waals surface area contributed by atoms with Gasteiger partial charge in [-0.3, -0.25) is 4.98 Å². The number of hydrogen-bond donors (Lipinski definition) is 1. The third-order valence-electron chi connectivity index (χ3n) is 1.96. The van der Waals surface area contributed by atoms with E-state index in [-0.39, 0.29) is 0 Å². The van der Waals surface area contributed by atoms with E-state index in [0.717, 1.165) is 9.92 Å². The molecule has 0 aliphatic carbocycles. The minimum atomic E-state index is -0.530. The van der Waals surface area contributed by atoms with Gasteiger partial charge in [-0.25, -0.2) is 9.97 Å². The molecule has 2 rings (SSSR count). The average molecular weight is 233 g/mol. The number of aliphatic hydroxyl groups excluding tert-OH is 1. The van der Waals surface area contributed by atoms with Gasteiger partial charge in [-0.05, 0) is 25.1 Å². The maximum atomic E-state index is 9.31. The highest BCUT2D eigenvalue weighted by Crippen LogP contribution is 2.25. The van der Waals surface area contributed by atoms with Crippen LogP contribution < -0.4 is 0 Å². The number of pyridine rings is 1. The van der Waals surface area contributed by atoms with Gasteiger partial charge in [-0.15, -0.1) is 0 Å². The molecule has 0 aromatic carbocycles. The first-order valence-corrected chi connectivity index (χ1v) is 5.65. The molecule has 16 heavy (non-hydrogen) atoms. The van der Waals surface area contributed by atoms with E-state index >= 15 is 0 Å². The van der Waals surface area contributed by atoms with Gasteiger partial charge in [-0.2, -0.15) is 0 Å². The Morgan fingerprint density at radius 2 is 2.12 bits per heavy atom. The highest BCUT2D eigenvalue weighted by Gasteiger charge is 2.03. The van der Waals surface area contributed by atoms with Crippen LogP contribution in [0, 0.1) is 0 Å². The molecule has 0 radical (unpaired) electrons. The maximum Gasteiger partial charge on any atom is 0.116 e. The van der Waals surface area contributed by atoms with Crippen molar-refractivity contribution in [1.29, 1.82) is 0 Å².